The molecule has 1 atom stereocenters. The second-order valence-electron chi connectivity index (χ2n) is 5.43. The molecule has 2 aromatic carbocycles. The van der Waals surface area contributed by atoms with Gasteiger partial charge in [-0.3, -0.25) is 4.79 Å². The number of carbonyl (C=O) groups excluding carboxylic acids is 1. The zero-order valence-corrected chi connectivity index (χ0v) is 13.6. The average Bonchev–Trinajstić information content (AvgIpc) is 2.50. The predicted octanol–water partition coefficient (Wildman–Crippen LogP) is 3.19. The molecule has 0 heterocycles. The zero-order chi connectivity index (χ0) is 17.0. The molecule has 0 aliphatic carbocycles. The highest BCUT2D eigenvalue weighted by atomic mass is 35.5. The second-order valence-corrected chi connectivity index (χ2v) is 5.84. The van der Waals surface area contributed by atoms with Crippen molar-refractivity contribution in [2.75, 3.05) is 11.9 Å². The summed E-state index contributed by atoms with van der Waals surface area (Å²) in [5.74, 6) is -1.99. The van der Waals surface area contributed by atoms with Crippen LogP contribution in [0.5, 0.6) is 0 Å². The van der Waals surface area contributed by atoms with E-state index >= 15 is 0 Å². The van der Waals surface area contributed by atoms with E-state index in [4.69, 9.17) is 11.6 Å². The first-order valence-corrected chi connectivity index (χ1v) is 7.59. The Morgan fingerprint density at radius 3 is 2.61 bits per heavy atom. The van der Waals surface area contributed by atoms with Gasteiger partial charge in [-0.1, -0.05) is 17.7 Å². The summed E-state index contributed by atoms with van der Waals surface area (Å²) in [6.07, 6.45) is 0. The molecule has 0 radical (unpaired) electrons. The third-order valence-electron chi connectivity index (χ3n) is 3.52. The van der Waals surface area contributed by atoms with Gasteiger partial charge in [0.25, 0.3) is 5.91 Å². The maximum Gasteiger partial charge on any atom is 0.279 e. The lowest BCUT2D eigenvalue weighted by molar-refractivity contribution is -0.682. The van der Waals surface area contributed by atoms with E-state index in [1.165, 1.54) is 6.07 Å². The van der Waals surface area contributed by atoms with E-state index in [2.05, 4.69) is 5.32 Å². The molecule has 1 amide bonds. The van der Waals surface area contributed by atoms with Crippen molar-refractivity contribution in [3.05, 3.63) is 64.2 Å². The van der Waals surface area contributed by atoms with Crippen LogP contribution in [-0.4, -0.2) is 12.5 Å². The van der Waals surface area contributed by atoms with Crippen LogP contribution in [0.15, 0.2) is 36.4 Å². The molecule has 0 fully saturated rings. The Labute approximate surface area is 138 Å². The number of aryl methyl sites for hydroxylation is 1. The molecule has 23 heavy (non-hydrogen) atoms. The van der Waals surface area contributed by atoms with E-state index in [9.17, 15) is 13.6 Å². The molecule has 6 heteroatoms. The summed E-state index contributed by atoms with van der Waals surface area (Å²) in [6.45, 7) is 3.87. The molecule has 3 N–H and O–H groups in total. The van der Waals surface area contributed by atoms with Crippen LogP contribution < -0.4 is 10.6 Å². The SMILES string of the molecule is Cc1ccc(NC(=O)C[NH2+][C@@H](C)c2ccc(F)c(F)c2)c(Cl)c1. The minimum Gasteiger partial charge on any atom is -0.333 e. The quantitative estimate of drug-likeness (QED) is 0.863. The Morgan fingerprint density at radius 1 is 1.22 bits per heavy atom. The summed E-state index contributed by atoms with van der Waals surface area (Å²) in [7, 11) is 0. The van der Waals surface area contributed by atoms with Gasteiger partial charge in [0.05, 0.1) is 10.7 Å². The van der Waals surface area contributed by atoms with Crippen LogP contribution in [-0.2, 0) is 4.79 Å². The Kier molecular flexibility index (Phi) is 5.69. The van der Waals surface area contributed by atoms with Crippen LogP contribution >= 0.6 is 11.6 Å². The first-order chi connectivity index (χ1) is 10.9. The summed E-state index contributed by atoms with van der Waals surface area (Å²) in [5.41, 5.74) is 2.17. The van der Waals surface area contributed by atoms with Gasteiger partial charge in [0.2, 0.25) is 0 Å². The van der Waals surface area contributed by atoms with Crippen LogP contribution in [0.3, 0.4) is 0 Å². The minimum absolute atomic E-state index is 0.143. The van der Waals surface area contributed by atoms with Crippen molar-refractivity contribution in [1.29, 1.82) is 0 Å². The van der Waals surface area contributed by atoms with Crippen LogP contribution in [0.2, 0.25) is 5.02 Å². The van der Waals surface area contributed by atoms with Crippen molar-refractivity contribution < 1.29 is 18.9 Å². The van der Waals surface area contributed by atoms with Crippen molar-refractivity contribution in [3.8, 4) is 0 Å². The lowest BCUT2D eigenvalue weighted by atomic mass is 10.1. The number of quaternary nitrogens is 1. The number of nitrogens with one attached hydrogen (secondary N) is 1. The normalized spacial score (nSPS) is 12.0. The van der Waals surface area contributed by atoms with Gasteiger partial charge in [-0.25, -0.2) is 8.78 Å². The summed E-state index contributed by atoms with van der Waals surface area (Å²) in [6, 6.07) is 8.93. The number of hydrogen-bond donors (Lipinski definition) is 2. The Morgan fingerprint density at radius 2 is 1.96 bits per heavy atom. The third-order valence-corrected chi connectivity index (χ3v) is 3.84. The van der Waals surface area contributed by atoms with Crippen LogP contribution in [0, 0.1) is 18.6 Å². The Balaban J connectivity index is 1.91. The molecule has 0 spiro atoms. The van der Waals surface area contributed by atoms with Gasteiger partial charge in [-0.2, -0.15) is 0 Å². The number of carbonyl (C=O) groups is 1. The number of nitrogens with two attached hydrogens (primary N) is 1. The van der Waals surface area contributed by atoms with Crippen LogP contribution in [0.25, 0.3) is 0 Å². The van der Waals surface area contributed by atoms with Gasteiger partial charge >= 0.3 is 0 Å². The smallest absolute Gasteiger partial charge is 0.279 e. The minimum atomic E-state index is -0.890. The molecule has 2 aromatic rings. The highest BCUT2D eigenvalue weighted by Gasteiger charge is 2.14. The maximum atomic E-state index is 13.2. The van der Waals surface area contributed by atoms with Gasteiger partial charge in [0, 0.05) is 5.56 Å². The lowest BCUT2D eigenvalue weighted by Gasteiger charge is -2.12. The van der Waals surface area contributed by atoms with E-state index in [-0.39, 0.29) is 18.5 Å². The number of rotatable bonds is 5. The van der Waals surface area contributed by atoms with Crippen LogP contribution in [0.4, 0.5) is 14.5 Å². The van der Waals surface area contributed by atoms with Gasteiger partial charge in [0.1, 0.15) is 6.04 Å². The molecule has 0 saturated carbocycles. The highest BCUT2D eigenvalue weighted by molar-refractivity contribution is 6.33. The summed E-state index contributed by atoms with van der Waals surface area (Å²) in [5, 5.41) is 4.95. The fourth-order valence-corrected chi connectivity index (χ4v) is 2.42. The highest BCUT2D eigenvalue weighted by Crippen LogP contribution is 2.22. The second kappa shape index (κ2) is 7.53. The first kappa shape index (κ1) is 17.4. The molecule has 2 rings (SSSR count). The largest absolute Gasteiger partial charge is 0.333 e. The fourth-order valence-electron chi connectivity index (χ4n) is 2.14. The van der Waals surface area contributed by atoms with E-state index in [1.54, 1.807) is 17.4 Å². The van der Waals surface area contributed by atoms with Crippen molar-refractivity contribution >= 4 is 23.2 Å². The molecule has 0 aromatic heterocycles. The van der Waals surface area contributed by atoms with Crippen molar-refractivity contribution in [2.45, 2.75) is 19.9 Å². The van der Waals surface area contributed by atoms with E-state index in [0.29, 0.717) is 16.3 Å². The van der Waals surface area contributed by atoms with E-state index in [0.717, 1.165) is 17.7 Å². The Hall–Kier alpha value is -1.98. The van der Waals surface area contributed by atoms with E-state index < -0.39 is 11.6 Å². The van der Waals surface area contributed by atoms with Gasteiger partial charge < -0.3 is 10.6 Å². The average molecular weight is 340 g/mol. The molecular formula is C17H18ClF2N2O+. The molecule has 0 aliphatic rings. The van der Waals surface area contributed by atoms with Crippen molar-refractivity contribution in [2.24, 2.45) is 0 Å². The standard InChI is InChI=1S/C17H17ClF2N2O/c1-10-3-6-16(13(18)7-10)22-17(23)9-21-11(2)12-4-5-14(19)15(20)8-12/h3-8,11,21H,9H2,1-2H3,(H,22,23)/p+1/t11-/m0/s1. The number of benzene rings is 2. The van der Waals surface area contributed by atoms with Crippen LogP contribution in [0.1, 0.15) is 24.1 Å². The summed E-state index contributed by atoms with van der Waals surface area (Å²) in [4.78, 5) is 12.0. The zero-order valence-electron chi connectivity index (χ0n) is 12.9. The van der Waals surface area contributed by atoms with Gasteiger partial charge in [0.15, 0.2) is 18.2 Å². The monoisotopic (exact) mass is 339 g/mol. The molecule has 0 saturated heterocycles. The van der Waals surface area contributed by atoms with E-state index in [1.807, 2.05) is 19.9 Å². The fraction of sp³-hybridized carbons (Fsp3) is 0.235. The predicted molar refractivity (Wildman–Crippen MR) is 86.4 cm³/mol. The maximum absolute atomic E-state index is 13.2. The summed E-state index contributed by atoms with van der Waals surface area (Å²) < 4.78 is 26.1. The molecule has 0 aliphatic heterocycles. The first-order valence-electron chi connectivity index (χ1n) is 7.21. The molecule has 3 nitrogen and oxygen atoms in total. The lowest BCUT2D eigenvalue weighted by Crippen LogP contribution is -2.86. The molecule has 0 bridgehead atoms. The molecule has 122 valence electrons. The number of amides is 1. The number of halogens is 3. The third kappa shape index (κ3) is 4.74. The van der Waals surface area contributed by atoms with Gasteiger partial charge in [-0.05, 0) is 49.7 Å². The molecular weight excluding hydrogens is 322 g/mol. The number of hydrogen-bond acceptors (Lipinski definition) is 1. The topological polar surface area (TPSA) is 45.7 Å². The molecule has 0 unspecified atom stereocenters. The van der Waals surface area contributed by atoms with Crippen molar-refractivity contribution in [1.82, 2.24) is 0 Å². The summed E-state index contributed by atoms with van der Waals surface area (Å²) >= 11 is 6.06. The number of anilines is 1. The van der Waals surface area contributed by atoms with Crippen molar-refractivity contribution in [3.63, 3.8) is 0 Å². The van der Waals surface area contributed by atoms with Gasteiger partial charge in [-0.15, -0.1) is 0 Å². The Bertz CT molecular complexity index is 722.